The van der Waals surface area contributed by atoms with Crippen LogP contribution in [-0.2, 0) is 0 Å². The number of para-hydroxylation sites is 2. The van der Waals surface area contributed by atoms with Crippen molar-refractivity contribution in [3.05, 3.63) is 60.7 Å². The van der Waals surface area contributed by atoms with E-state index in [1.807, 2.05) is 12.1 Å². The van der Waals surface area contributed by atoms with Crippen LogP contribution in [0.1, 0.15) is 0 Å². The second kappa shape index (κ2) is 10.7. The molecule has 2 aromatic rings. The maximum absolute atomic E-state index is 8.63. The first-order valence-corrected chi connectivity index (χ1v) is 4.27. The Balaban J connectivity index is 0. The zero-order valence-electron chi connectivity index (χ0n) is 7.67. The van der Waals surface area contributed by atoms with Crippen LogP contribution in [-0.4, -0.2) is 47.9 Å². The molecule has 2 rings (SSSR count). The fourth-order valence-corrected chi connectivity index (χ4v) is 0.856. The van der Waals surface area contributed by atoms with Gasteiger partial charge in [0.15, 0.2) is 0 Å². The summed E-state index contributed by atoms with van der Waals surface area (Å²) in [6.07, 6.45) is 0. The van der Waals surface area contributed by atoms with Gasteiger partial charge in [-0.25, -0.2) is 0 Å². The van der Waals surface area contributed by atoms with E-state index in [0.717, 1.165) is 0 Å². The quantitative estimate of drug-likeness (QED) is 0.638. The molecule has 0 amide bonds. The van der Waals surface area contributed by atoms with Crippen LogP contribution >= 0.6 is 0 Å². The van der Waals surface area contributed by atoms with Gasteiger partial charge in [0.25, 0.3) is 0 Å². The van der Waals surface area contributed by atoms with Gasteiger partial charge in [-0.2, -0.15) is 0 Å². The van der Waals surface area contributed by atoms with Crippen molar-refractivity contribution in [3.63, 3.8) is 0 Å². The zero-order chi connectivity index (χ0) is 10.2. The van der Waals surface area contributed by atoms with E-state index in [1.54, 1.807) is 48.5 Å². The van der Waals surface area contributed by atoms with Crippen molar-refractivity contribution >= 4 is 37.7 Å². The number of benzene rings is 2. The van der Waals surface area contributed by atoms with Gasteiger partial charge in [-0.1, -0.05) is 36.4 Å². The van der Waals surface area contributed by atoms with E-state index in [1.165, 1.54) is 0 Å². The molecule has 0 radical (unpaired) electrons. The van der Waals surface area contributed by atoms with Gasteiger partial charge in [0.2, 0.25) is 0 Å². The SMILES string of the molecule is Oc1ccccc1.Oc1ccccc1.[LiH].[LiH]. The van der Waals surface area contributed by atoms with Crippen LogP contribution in [0.4, 0.5) is 0 Å². The summed E-state index contributed by atoms with van der Waals surface area (Å²) in [7, 11) is 0. The monoisotopic (exact) mass is 204 g/mol. The van der Waals surface area contributed by atoms with Gasteiger partial charge in [-0.3, -0.25) is 0 Å². The summed E-state index contributed by atoms with van der Waals surface area (Å²) in [6, 6.07) is 17.4. The summed E-state index contributed by atoms with van der Waals surface area (Å²) < 4.78 is 0. The second-order valence-corrected chi connectivity index (χ2v) is 2.67. The molecule has 0 bridgehead atoms. The number of phenols is 2. The third kappa shape index (κ3) is 8.54. The predicted octanol–water partition coefficient (Wildman–Crippen LogP) is 1.49. The first-order valence-electron chi connectivity index (χ1n) is 4.27. The number of hydrogen-bond acceptors (Lipinski definition) is 2. The Bertz CT molecular complexity index is 314. The molecule has 0 aromatic heterocycles. The molecular weight excluding hydrogens is 190 g/mol. The van der Waals surface area contributed by atoms with E-state index in [-0.39, 0.29) is 37.7 Å². The predicted molar refractivity (Wildman–Crippen MR) is 70.5 cm³/mol. The molecule has 0 fully saturated rings. The van der Waals surface area contributed by atoms with Crippen molar-refractivity contribution in [1.82, 2.24) is 0 Å². The van der Waals surface area contributed by atoms with Crippen molar-refractivity contribution in [3.8, 4) is 11.5 Å². The van der Waals surface area contributed by atoms with Crippen molar-refractivity contribution < 1.29 is 10.2 Å². The molecule has 2 aromatic carbocycles. The van der Waals surface area contributed by atoms with Gasteiger partial charge in [0.1, 0.15) is 11.5 Å². The van der Waals surface area contributed by atoms with Gasteiger partial charge < -0.3 is 10.2 Å². The van der Waals surface area contributed by atoms with Crippen LogP contribution in [0.25, 0.3) is 0 Å². The normalized spacial score (nSPS) is 7.50. The van der Waals surface area contributed by atoms with E-state index in [9.17, 15) is 0 Å². The van der Waals surface area contributed by atoms with Crippen LogP contribution in [0.2, 0.25) is 0 Å². The van der Waals surface area contributed by atoms with E-state index in [0.29, 0.717) is 11.5 Å². The second-order valence-electron chi connectivity index (χ2n) is 2.67. The fourth-order valence-electron chi connectivity index (χ4n) is 0.856. The molecule has 0 aliphatic heterocycles. The molecule has 4 heteroatoms. The summed E-state index contributed by atoms with van der Waals surface area (Å²) in [5, 5.41) is 17.3. The molecule has 2 nitrogen and oxygen atoms in total. The number of hydrogen-bond donors (Lipinski definition) is 2. The van der Waals surface area contributed by atoms with E-state index in [2.05, 4.69) is 0 Å². The van der Waals surface area contributed by atoms with Gasteiger partial charge in [-0.15, -0.1) is 0 Å². The Morgan fingerprint density at radius 2 is 0.750 bits per heavy atom. The summed E-state index contributed by atoms with van der Waals surface area (Å²) in [5.41, 5.74) is 0. The Hall–Kier alpha value is -0.765. The van der Waals surface area contributed by atoms with Crippen molar-refractivity contribution in [2.45, 2.75) is 0 Å². The topological polar surface area (TPSA) is 40.5 Å². The Morgan fingerprint density at radius 1 is 0.500 bits per heavy atom. The molecule has 16 heavy (non-hydrogen) atoms. The molecule has 0 aliphatic rings. The molecule has 0 saturated heterocycles. The minimum atomic E-state index is 0. The molecule has 0 aliphatic carbocycles. The standard InChI is InChI=1S/2C6H6O.2Li.2H/c2*7-6-4-2-1-3-5-6;;;;/h2*1-5,7H;;;;. The summed E-state index contributed by atoms with van der Waals surface area (Å²) >= 11 is 0. The van der Waals surface area contributed by atoms with Gasteiger partial charge in [-0.05, 0) is 24.3 Å². The first kappa shape index (κ1) is 17.6. The number of rotatable bonds is 0. The number of phenolic OH excluding ortho intramolecular Hbond substituents is 2. The molecule has 0 heterocycles. The van der Waals surface area contributed by atoms with E-state index >= 15 is 0 Å². The van der Waals surface area contributed by atoms with Gasteiger partial charge in [0, 0.05) is 0 Å². The third-order valence-electron chi connectivity index (χ3n) is 1.51. The van der Waals surface area contributed by atoms with Crippen molar-refractivity contribution in [1.29, 1.82) is 0 Å². The van der Waals surface area contributed by atoms with Crippen LogP contribution in [0.5, 0.6) is 11.5 Å². The maximum atomic E-state index is 8.63. The molecule has 2 N–H and O–H groups in total. The average Bonchev–Trinajstić information content (AvgIpc) is 2.21. The fraction of sp³-hybridized carbons (Fsp3) is 0. The Kier molecular flexibility index (Phi) is 11.8. The average molecular weight is 204 g/mol. The Labute approximate surface area is 120 Å². The van der Waals surface area contributed by atoms with Crippen LogP contribution < -0.4 is 0 Å². The van der Waals surface area contributed by atoms with Crippen LogP contribution in [0, 0.1) is 0 Å². The van der Waals surface area contributed by atoms with E-state index in [4.69, 9.17) is 10.2 Å². The van der Waals surface area contributed by atoms with Crippen LogP contribution in [0.3, 0.4) is 0 Å². The van der Waals surface area contributed by atoms with Gasteiger partial charge >= 0.3 is 37.7 Å². The molecule has 0 atom stereocenters. The summed E-state index contributed by atoms with van der Waals surface area (Å²) in [6.45, 7) is 0. The molecule has 76 valence electrons. The molecular formula is C12H14Li2O2. The summed E-state index contributed by atoms with van der Waals surface area (Å²) in [5.74, 6) is 0.644. The van der Waals surface area contributed by atoms with Crippen molar-refractivity contribution in [2.24, 2.45) is 0 Å². The third-order valence-corrected chi connectivity index (χ3v) is 1.51. The zero-order valence-corrected chi connectivity index (χ0v) is 7.67. The van der Waals surface area contributed by atoms with Crippen molar-refractivity contribution in [2.75, 3.05) is 0 Å². The molecule has 0 unspecified atom stereocenters. The molecule has 0 spiro atoms. The number of aromatic hydroxyl groups is 2. The van der Waals surface area contributed by atoms with E-state index < -0.39 is 0 Å². The minimum absolute atomic E-state index is 0. The van der Waals surface area contributed by atoms with Gasteiger partial charge in [0.05, 0.1) is 0 Å². The van der Waals surface area contributed by atoms with Crippen LogP contribution in [0.15, 0.2) is 60.7 Å². The Morgan fingerprint density at radius 3 is 0.875 bits per heavy atom. The first-order chi connectivity index (χ1) is 6.79. The molecule has 0 saturated carbocycles. The summed E-state index contributed by atoms with van der Waals surface area (Å²) in [4.78, 5) is 0.